The van der Waals surface area contributed by atoms with Crippen molar-refractivity contribution in [1.82, 2.24) is 20.3 Å². The van der Waals surface area contributed by atoms with Crippen molar-refractivity contribution in [1.29, 1.82) is 0 Å². The number of carbonyl (C=O) groups excluding carboxylic acids is 1. The molecule has 1 aromatic carbocycles. The number of carbonyl (C=O) groups is 1. The third-order valence-electron chi connectivity index (χ3n) is 4.06. The maximum absolute atomic E-state index is 12.0. The van der Waals surface area contributed by atoms with Crippen LogP contribution in [0.1, 0.15) is 31.2 Å². The van der Waals surface area contributed by atoms with Crippen LogP contribution in [-0.2, 0) is 17.8 Å². The van der Waals surface area contributed by atoms with Crippen LogP contribution in [0.5, 0.6) is 5.88 Å². The van der Waals surface area contributed by atoms with Crippen LogP contribution < -0.4 is 15.6 Å². The Bertz CT molecular complexity index is 984. The van der Waals surface area contributed by atoms with Crippen LogP contribution in [0.2, 0.25) is 0 Å². The second-order valence-corrected chi connectivity index (χ2v) is 6.10. The van der Waals surface area contributed by atoms with Crippen molar-refractivity contribution in [2.24, 2.45) is 0 Å². The largest absolute Gasteiger partial charge is 0.478 e. The van der Waals surface area contributed by atoms with Gasteiger partial charge in [0, 0.05) is 31.6 Å². The molecule has 0 unspecified atom stereocenters. The van der Waals surface area contributed by atoms with Gasteiger partial charge >= 0.3 is 0 Å². The number of hydrogen-bond donors (Lipinski definition) is 2. The Morgan fingerprint density at radius 3 is 2.96 bits per heavy atom. The van der Waals surface area contributed by atoms with Gasteiger partial charge in [0.25, 0.3) is 5.56 Å². The van der Waals surface area contributed by atoms with E-state index in [-0.39, 0.29) is 11.5 Å². The predicted molar refractivity (Wildman–Crippen MR) is 103 cm³/mol. The molecule has 140 valence electrons. The molecule has 0 saturated carbocycles. The summed E-state index contributed by atoms with van der Waals surface area (Å²) in [6.45, 7) is 2.87. The molecule has 0 aliphatic heterocycles. The molecule has 0 aliphatic rings. The molecule has 0 radical (unpaired) electrons. The van der Waals surface area contributed by atoms with E-state index >= 15 is 0 Å². The topological polar surface area (TPSA) is 97.0 Å². The summed E-state index contributed by atoms with van der Waals surface area (Å²) in [6, 6.07) is 10.9. The molecule has 0 fully saturated rings. The molecule has 0 saturated heterocycles. The van der Waals surface area contributed by atoms with E-state index in [0.29, 0.717) is 55.0 Å². The molecule has 0 aliphatic carbocycles. The average molecular weight is 366 g/mol. The van der Waals surface area contributed by atoms with Crippen LogP contribution in [0.4, 0.5) is 0 Å². The lowest BCUT2D eigenvalue weighted by atomic mass is 10.2. The Morgan fingerprint density at radius 2 is 2.11 bits per heavy atom. The number of nitrogens with one attached hydrogen (secondary N) is 2. The molecular formula is C20H22N4O3. The number of amides is 1. The highest BCUT2D eigenvalue weighted by Crippen LogP contribution is 2.10. The summed E-state index contributed by atoms with van der Waals surface area (Å²) in [5, 5.41) is 3.45. The van der Waals surface area contributed by atoms with Crippen LogP contribution >= 0.6 is 0 Å². The van der Waals surface area contributed by atoms with Crippen LogP contribution in [0.15, 0.2) is 47.4 Å². The van der Waals surface area contributed by atoms with Crippen LogP contribution in [-0.4, -0.2) is 27.5 Å². The maximum atomic E-state index is 12.0. The number of fused-ring (bicyclic) bond motifs is 1. The number of pyridine rings is 1. The molecule has 0 atom stereocenters. The number of H-pyrrole nitrogens is 1. The van der Waals surface area contributed by atoms with Gasteiger partial charge in [0.1, 0.15) is 5.82 Å². The highest BCUT2D eigenvalue weighted by molar-refractivity contribution is 5.77. The van der Waals surface area contributed by atoms with Gasteiger partial charge in [-0.25, -0.2) is 9.97 Å². The molecule has 0 bridgehead atoms. The van der Waals surface area contributed by atoms with Gasteiger partial charge in [0.15, 0.2) is 0 Å². The van der Waals surface area contributed by atoms with E-state index < -0.39 is 0 Å². The minimum Gasteiger partial charge on any atom is -0.478 e. The van der Waals surface area contributed by atoms with Crippen molar-refractivity contribution in [3.05, 3.63) is 64.3 Å². The number of para-hydroxylation sites is 1. The second kappa shape index (κ2) is 8.93. The summed E-state index contributed by atoms with van der Waals surface area (Å²) in [6.07, 6.45) is 3.17. The molecule has 27 heavy (non-hydrogen) atoms. The summed E-state index contributed by atoms with van der Waals surface area (Å²) in [4.78, 5) is 35.4. The van der Waals surface area contributed by atoms with E-state index in [1.807, 2.05) is 37.3 Å². The zero-order valence-corrected chi connectivity index (χ0v) is 15.2. The number of rotatable bonds is 8. The minimum absolute atomic E-state index is 0.0482. The number of nitrogens with zero attached hydrogens (tertiary/aromatic N) is 2. The second-order valence-electron chi connectivity index (χ2n) is 6.10. The first-order chi connectivity index (χ1) is 13.2. The number of benzene rings is 1. The molecule has 0 spiro atoms. The third kappa shape index (κ3) is 5.13. The van der Waals surface area contributed by atoms with Crippen molar-refractivity contribution in [2.45, 2.75) is 32.7 Å². The first kappa shape index (κ1) is 18.6. The molecule has 2 heterocycles. The number of ether oxygens (including phenoxy) is 1. The van der Waals surface area contributed by atoms with Gasteiger partial charge in [-0.2, -0.15) is 0 Å². The lowest BCUT2D eigenvalue weighted by molar-refractivity contribution is -0.121. The van der Waals surface area contributed by atoms with Crippen LogP contribution in [0.25, 0.3) is 10.9 Å². The van der Waals surface area contributed by atoms with E-state index in [1.165, 1.54) is 0 Å². The highest BCUT2D eigenvalue weighted by Gasteiger charge is 2.06. The summed E-state index contributed by atoms with van der Waals surface area (Å²) >= 11 is 0. The van der Waals surface area contributed by atoms with Gasteiger partial charge in [-0.3, -0.25) is 9.59 Å². The first-order valence-corrected chi connectivity index (χ1v) is 8.98. The summed E-state index contributed by atoms with van der Waals surface area (Å²) < 4.78 is 5.35. The molecule has 7 heteroatoms. The van der Waals surface area contributed by atoms with Crippen molar-refractivity contribution in [3.8, 4) is 5.88 Å². The van der Waals surface area contributed by atoms with Crippen molar-refractivity contribution < 1.29 is 9.53 Å². The van der Waals surface area contributed by atoms with Gasteiger partial charge < -0.3 is 15.0 Å². The normalized spacial score (nSPS) is 10.7. The molecule has 2 aromatic heterocycles. The van der Waals surface area contributed by atoms with E-state index in [1.54, 1.807) is 12.3 Å². The van der Waals surface area contributed by atoms with Gasteiger partial charge in [0.2, 0.25) is 11.8 Å². The molecular weight excluding hydrogens is 344 g/mol. The Labute approximate surface area is 156 Å². The van der Waals surface area contributed by atoms with Gasteiger partial charge in [-0.15, -0.1) is 0 Å². The first-order valence-electron chi connectivity index (χ1n) is 8.98. The van der Waals surface area contributed by atoms with Crippen molar-refractivity contribution >= 4 is 16.8 Å². The quantitative estimate of drug-likeness (QED) is 0.638. The van der Waals surface area contributed by atoms with Gasteiger partial charge in [-0.05, 0) is 37.1 Å². The monoisotopic (exact) mass is 366 g/mol. The predicted octanol–water partition coefficient (Wildman–Crippen LogP) is 2.36. The minimum atomic E-state index is -0.150. The molecule has 3 rings (SSSR count). The van der Waals surface area contributed by atoms with E-state index in [4.69, 9.17) is 4.74 Å². The third-order valence-corrected chi connectivity index (χ3v) is 4.06. The lowest BCUT2D eigenvalue weighted by Crippen LogP contribution is -2.22. The standard InChI is InChI=1S/C20H22N4O3/c1-2-27-19-12-14(10-11-21-19)13-22-18(25)9-5-8-17-23-16-7-4-3-6-15(16)20(26)24-17/h3-4,6-7,10-12H,2,5,8-9,13H2,1H3,(H,22,25)(H,23,24,26). The smallest absolute Gasteiger partial charge is 0.258 e. The van der Waals surface area contributed by atoms with Gasteiger partial charge in [0.05, 0.1) is 17.5 Å². The fourth-order valence-corrected chi connectivity index (χ4v) is 2.75. The molecule has 3 aromatic rings. The zero-order valence-electron chi connectivity index (χ0n) is 15.2. The van der Waals surface area contributed by atoms with E-state index in [0.717, 1.165) is 5.56 Å². The number of aryl methyl sites for hydroxylation is 1. The molecule has 2 N–H and O–H groups in total. The fourth-order valence-electron chi connectivity index (χ4n) is 2.75. The summed E-state index contributed by atoms with van der Waals surface area (Å²) in [7, 11) is 0. The number of aromatic nitrogens is 3. The maximum Gasteiger partial charge on any atom is 0.258 e. The lowest BCUT2D eigenvalue weighted by Gasteiger charge is -2.07. The van der Waals surface area contributed by atoms with Crippen molar-refractivity contribution in [2.75, 3.05) is 6.61 Å². The van der Waals surface area contributed by atoms with Crippen LogP contribution in [0.3, 0.4) is 0 Å². The Kier molecular flexibility index (Phi) is 6.14. The average Bonchev–Trinajstić information content (AvgIpc) is 2.67. The Morgan fingerprint density at radius 1 is 1.26 bits per heavy atom. The molecule has 7 nitrogen and oxygen atoms in total. The van der Waals surface area contributed by atoms with E-state index in [9.17, 15) is 9.59 Å². The molecule has 1 amide bonds. The van der Waals surface area contributed by atoms with E-state index in [2.05, 4.69) is 20.3 Å². The number of hydrogen-bond acceptors (Lipinski definition) is 5. The summed E-state index contributed by atoms with van der Waals surface area (Å²) in [5.74, 6) is 1.10. The van der Waals surface area contributed by atoms with Crippen LogP contribution in [0, 0.1) is 0 Å². The SMILES string of the molecule is CCOc1cc(CNC(=O)CCCc2nc3ccccc3c(=O)[nH]2)ccn1. The Balaban J connectivity index is 1.48. The Hall–Kier alpha value is -3.22. The number of aromatic amines is 1. The summed E-state index contributed by atoms with van der Waals surface area (Å²) in [5.41, 5.74) is 1.45. The highest BCUT2D eigenvalue weighted by atomic mass is 16.5. The van der Waals surface area contributed by atoms with Crippen molar-refractivity contribution in [3.63, 3.8) is 0 Å². The zero-order chi connectivity index (χ0) is 19.1. The fraction of sp³-hybridized carbons (Fsp3) is 0.300. The van der Waals surface area contributed by atoms with Gasteiger partial charge in [-0.1, -0.05) is 12.1 Å².